The largest absolute Gasteiger partial charge is 0.378 e. The van der Waals surface area contributed by atoms with Crippen LogP contribution in [0.3, 0.4) is 0 Å². The summed E-state index contributed by atoms with van der Waals surface area (Å²) >= 11 is 0. The maximum absolute atomic E-state index is 12.2. The Hall–Kier alpha value is -0.770. The summed E-state index contributed by atoms with van der Waals surface area (Å²) in [5.41, 5.74) is 0. The Morgan fingerprint density at radius 3 is 2.56 bits per heavy atom. The molecule has 0 radical (unpaired) electrons. The van der Waals surface area contributed by atoms with Crippen LogP contribution in [-0.4, -0.2) is 43.3 Å². The van der Waals surface area contributed by atoms with Crippen molar-refractivity contribution in [1.29, 1.82) is 0 Å². The van der Waals surface area contributed by atoms with Gasteiger partial charge in [0.2, 0.25) is 0 Å². The third-order valence-corrected chi connectivity index (χ3v) is 4.27. The van der Waals surface area contributed by atoms with E-state index in [1.807, 2.05) is 4.90 Å². The Balaban J connectivity index is 1.82. The van der Waals surface area contributed by atoms with Gasteiger partial charge in [-0.2, -0.15) is 0 Å². The number of amides is 2. The molecule has 1 aliphatic heterocycles. The van der Waals surface area contributed by atoms with Crippen LogP contribution in [-0.2, 0) is 4.74 Å². The molecule has 1 saturated carbocycles. The molecule has 0 aromatic carbocycles. The molecule has 1 atom stereocenters. The zero-order valence-electron chi connectivity index (χ0n) is 11.5. The van der Waals surface area contributed by atoms with E-state index in [0.717, 1.165) is 19.5 Å². The molecule has 0 aromatic heterocycles. The standard InChI is InChI=1S/C14H26N2O2/c1-2-13(12-6-4-3-5-7-12)15-14(17)16-8-10-18-11-9-16/h12-13H,2-11H2,1H3,(H,15,17). The molecule has 4 nitrogen and oxygen atoms in total. The quantitative estimate of drug-likeness (QED) is 0.840. The summed E-state index contributed by atoms with van der Waals surface area (Å²) < 4.78 is 5.28. The fourth-order valence-corrected chi connectivity index (χ4v) is 3.11. The Morgan fingerprint density at radius 2 is 1.94 bits per heavy atom. The van der Waals surface area contributed by atoms with Crippen LogP contribution in [0.1, 0.15) is 45.4 Å². The first-order valence-electron chi connectivity index (χ1n) is 7.44. The fraction of sp³-hybridized carbons (Fsp3) is 0.929. The number of nitrogens with one attached hydrogen (secondary N) is 1. The van der Waals surface area contributed by atoms with E-state index in [9.17, 15) is 4.79 Å². The zero-order valence-corrected chi connectivity index (χ0v) is 11.5. The van der Waals surface area contributed by atoms with Gasteiger partial charge in [0.1, 0.15) is 0 Å². The molecule has 104 valence electrons. The minimum atomic E-state index is 0.107. The molecule has 2 rings (SSSR count). The molecule has 4 heteroatoms. The van der Waals surface area contributed by atoms with Gasteiger partial charge in [0.05, 0.1) is 13.2 Å². The molecular weight excluding hydrogens is 228 g/mol. The van der Waals surface area contributed by atoms with E-state index in [4.69, 9.17) is 4.74 Å². The predicted octanol–water partition coefficient (Wildman–Crippen LogP) is 2.39. The maximum Gasteiger partial charge on any atom is 0.317 e. The average Bonchev–Trinajstić information content (AvgIpc) is 2.46. The van der Waals surface area contributed by atoms with Gasteiger partial charge in [-0.3, -0.25) is 0 Å². The third kappa shape index (κ3) is 3.61. The van der Waals surface area contributed by atoms with Gasteiger partial charge in [-0.25, -0.2) is 4.79 Å². The highest BCUT2D eigenvalue weighted by Gasteiger charge is 2.26. The van der Waals surface area contributed by atoms with E-state index in [2.05, 4.69) is 12.2 Å². The lowest BCUT2D eigenvalue weighted by molar-refractivity contribution is 0.0515. The van der Waals surface area contributed by atoms with E-state index in [-0.39, 0.29) is 6.03 Å². The SMILES string of the molecule is CCC(NC(=O)N1CCOCC1)C1CCCCC1. The zero-order chi connectivity index (χ0) is 12.8. The lowest BCUT2D eigenvalue weighted by Gasteiger charge is -2.33. The molecule has 0 aromatic rings. The van der Waals surface area contributed by atoms with Crippen LogP contribution in [0.15, 0.2) is 0 Å². The van der Waals surface area contributed by atoms with Crippen LogP contribution in [0, 0.1) is 5.92 Å². The summed E-state index contributed by atoms with van der Waals surface area (Å²) in [5, 5.41) is 3.24. The van der Waals surface area contributed by atoms with E-state index < -0.39 is 0 Å². The number of carbonyl (C=O) groups is 1. The summed E-state index contributed by atoms with van der Waals surface area (Å²) in [5.74, 6) is 0.689. The summed E-state index contributed by atoms with van der Waals surface area (Å²) in [7, 11) is 0. The average molecular weight is 254 g/mol. The Labute approximate surface area is 110 Å². The Morgan fingerprint density at radius 1 is 1.28 bits per heavy atom. The highest BCUT2D eigenvalue weighted by Crippen LogP contribution is 2.27. The van der Waals surface area contributed by atoms with E-state index in [1.165, 1.54) is 32.1 Å². The second kappa shape index (κ2) is 6.98. The minimum Gasteiger partial charge on any atom is -0.378 e. The molecule has 2 fully saturated rings. The van der Waals surface area contributed by atoms with Gasteiger partial charge >= 0.3 is 6.03 Å². The molecule has 1 heterocycles. The monoisotopic (exact) mass is 254 g/mol. The highest BCUT2D eigenvalue weighted by atomic mass is 16.5. The van der Waals surface area contributed by atoms with Gasteiger partial charge in [-0.15, -0.1) is 0 Å². The first kappa shape index (κ1) is 13.7. The molecule has 1 saturated heterocycles. The van der Waals surface area contributed by atoms with Gasteiger partial charge in [0, 0.05) is 19.1 Å². The van der Waals surface area contributed by atoms with Crippen molar-refractivity contribution in [3.8, 4) is 0 Å². The van der Waals surface area contributed by atoms with Gasteiger partial charge in [-0.1, -0.05) is 26.2 Å². The van der Waals surface area contributed by atoms with Crippen LogP contribution in [0.25, 0.3) is 0 Å². The second-order valence-corrected chi connectivity index (χ2v) is 5.46. The lowest BCUT2D eigenvalue weighted by atomic mass is 9.83. The number of rotatable bonds is 3. The molecule has 0 bridgehead atoms. The lowest BCUT2D eigenvalue weighted by Crippen LogP contribution is -2.51. The summed E-state index contributed by atoms with van der Waals surface area (Å²) in [6.07, 6.45) is 7.62. The Bertz CT molecular complexity index is 259. The minimum absolute atomic E-state index is 0.107. The van der Waals surface area contributed by atoms with Crippen molar-refractivity contribution < 1.29 is 9.53 Å². The number of hydrogen-bond acceptors (Lipinski definition) is 2. The Kier molecular flexibility index (Phi) is 5.29. The summed E-state index contributed by atoms with van der Waals surface area (Å²) in [6.45, 7) is 4.99. The summed E-state index contributed by atoms with van der Waals surface area (Å²) in [4.78, 5) is 14.1. The normalized spacial score (nSPS) is 23.7. The molecule has 2 aliphatic rings. The van der Waals surface area contributed by atoms with Crippen LogP contribution in [0.4, 0.5) is 4.79 Å². The number of carbonyl (C=O) groups excluding carboxylic acids is 1. The number of hydrogen-bond donors (Lipinski definition) is 1. The number of ether oxygens (including phenoxy) is 1. The van der Waals surface area contributed by atoms with Crippen LogP contribution in [0.2, 0.25) is 0 Å². The smallest absolute Gasteiger partial charge is 0.317 e. The van der Waals surface area contributed by atoms with Crippen molar-refractivity contribution in [1.82, 2.24) is 10.2 Å². The van der Waals surface area contributed by atoms with Crippen molar-refractivity contribution in [3.63, 3.8) is 0 Å². The molecule has 0 spiro atoms. The number of urea groups is 1. The molecule has 1 unspecified atom stereocenters. The van der Waals surface area contributed by atoms with Crippen molar-refractivity contribution in [2.24, 2.45) is 5.92 Å². The van der Waals surface area contributed by atoms with Crippen molar-refractivity contribution in [3.05, 3.63) is 0 Å². The molecule has 18 heavy (non-hydrogen) atoms. The topological polar surface area (TPSA) is 41.6 Å². The predicted molar refractivity (Wildman–Crippen MR) is 71.6 cm³/mol. The van der Waals surface area contributed by atoms with Crippen molar-refractivity contribution in [2.45, 2.75) is 51.5 Å². The molecule has 2 amide bonds. The second-order valence-electron chi connectivity index (χ2n) is 5.46. The molecule has 1 N–H and O–H groups in total. The molecule has 1 aliphatic carbocycles. The van der Waals surface area contributed by atoms with Gasteiger partial charge in [-0.05, 0) is 25.2 Å². The first-order chi connectivity index (χ1) is 8.81. The van der Waals surface area contributed by atoms with Gasteiger partial charge in [0.15, 0.2) is 0 Å². The maximum atomic E-state index is 12.2. The van der Waals surface area contributed by atoms with Crippen LogP contribution >= 0.6 is 0 Å². The first-order valence-corrected chi connectivity index (χ1v) is 7.44. The summed E-state index contributed by atoms with van der Waals surface area (Å²) in [6, 6.07) is 0.469. The molecular formula is C14H26N2O2. The fourth-order valence-electron chi connectivity index (χ4n) is 3.11. The van der Waals surface area contributed by atoms with Gasteiger partial charge < -0.3 is 15.0 Å². The van der Waals surface area contributed by atoms with Gasteiger partial charge in [0.25, 0.3) is 0 Å². The van der Waals surface area contributed by atoms with E-state index in [0.29, 0.717) is 25.2 Å². The highest BCUT2D eigenvalue weighted by molar-refractivity contribution is 5.74. The van der Waals surface area contributed by atoms with Crippen molar-refractivity contribution >= 4 is 6.03 Å². The number of morpholine rings is 1. The number of nitrogens with zero attached hydrogens (tertiary/aromatic N) is 1. The van der Waals surface area contributed by atoms with E-state index in [1.54, 1.807) is 0 Å². The van der Waals surface area contributed by atoms with E-state index >= 15 is 0 Å². The van der Waals surface area contributed by atoms with Crippen molar-refractivity contribution in [2.75, 3.05) is 26.3 Å². The third-order valence-electron chi connectivity index (χ3n) is 4.27. The van der Waals surface area contributed by atoms with Crippen LogP contribution in [0.5, 0.6) is 0 Å². The van der Waals surface area contributed by atoms with Crippen LogP contribution < -0.4 is 5.32 Å².